The molecule has 3 nitrogen and oxygen atoms in total. The van der Waals surface area contributed by atoms with Gasteiger partial charge in [0, 0.05) is 23.5 Å². The monoisotopic (exact) mass is 271 g/mol. The van der Waals surface area contributed by atoms with Crippen molar-refractivity contribution in [1.29, 1.82) is 0 Å². The van der Waals surface area contributed by atoms with Gasteiger partial charge in [-0.1, -0.05) is 6.92 Å². The van der Waals surface area contributed by atoms with Crippen LogP contribution >= 0.6 is 0 Å². The molecule has 1 aromatic heterocycles. The molecular weight excluding hydrogens is 246 g/mol. The molecule has 0 radical (unpaired) electrons. The van der Waals surface area contributed by atoms with Crippen molar-refractivity contribution in [2.75, 3.05) is 0 Å². The van der Waals surface area contributed by atoms with E-state index in [4.69, 9.17) is 5.73 Å². The zero-order valence-corrected chi connectivity index (χ0v) is 12.4. The second kappa shape index (κ2) is 4.27. The van der Waals surface area contributed by atoms with E-state index in [1.54, 1.807) is 6.33 Å². The van der Waals surface area contributed by atoms with Crippen LogP contribution in [0.15, 0.2) is 18.7 Å². The molecule has 20 heavy (non-hydrogen) atoms. The van der Waals surface area contributed by atoms with E-state index < -0.39 is 0 Å². The van der Waals surface area contributed by atoms with Gasteiger partial charge < -0.3 is 5.73 Å². The van der Waals surface area contributed by atoms with E-state index >= 15 is 0 Å². The standard InChI is InChI=1S/C17H25N3/c1-2-17(18,15-9-19-11-20-10-15)16-6-12-3-13(7-16)5-14(4-12)8-16/h9-14H,2-8,18H2,1H3. The Hall–Kier alpha value is -0.960. The number of rotatable bonds is 3. The molecule has 0 saturated heterocycles. The molecule has 0 spiro atoms. The summed E-state index contributed by atoms with van der Waals surface area (Å²) in [4.78, 5) is 8.47. The summed E-state index contributed by atoms with van der Waals surface area (Å²) in [6.07, 6.45) is 14.9. The molecule has 3 heteroatoms. The van der Waals surface area contributed by atoms with Gasteiger partial charge in [-0.3, -0.25) is 0 Å². The molecule has 5 rings (SSSR count). The second-order valence-corrected chi connectivity index (χ2v) is 7.65. The quantitative estimate of drug-likeness (QED) is 0.918. The molecule has 4 aliphatic rings. The van der Waals surface area contributed by atoms with Gasteiger partial charge in [0.1, 0.15) is 6.33 Å². The normalized spacial score (nSPS) is 41.6. The van der Waals surface area contributed by atoms with Crippen molar-refractivity contribution in [3.8, 4) is 0 Å². The third kappa shape index (κ3) is 1.62. The van der Waals surface area contributed by atoms with E-state index in [0.29, 0.717) is 5.41 Å². The lowest BCUT2D eigenvalue weighted by Crippen LogP contribution is -2.60. The van der Waals surface area contributed by atoms with Crippen molar-refractivity contribution in [3.05, 3.63) is 24.3 Å². The highest BCUT2D eigenvalue weighted by Gasteiger charge is 2.59. The average molecular weight is 271 g/mol. The van der Waals surface area contributed by atoms with E-state index in [1.807, 2.05) is 12.4 Å². The van der Waals surface area contributed by atoms with Gasteiger partial charge in [-0.15, -0.1) is 0 Å². The first kappa shape index (κ1) is 12.8. The van der Waals surface area contributed by atoms with Gasteiger partial charge >= 0.3 is 0 Å². The van der Waals surface area contributed by atoms with Crippen LogP contribution in [-0.4, -0.2) is 9.97 Å². The van der Waals surface area contributed by atoms with Crippen LogP contribution in [0.1, 0.15) is 57.4 Å². The first-order chi connectivity index (χ1) is 9.65. The summed E-state index contributed by atoms with van der Waals surface area (Å²) in [5, 5.41) is 0. The summed E-state index contributed by atoms with van der Waals surface area (Å²) in [5.74, 6) is 2.79. The van der Waals surface area contributed by atoms with Gasteiger partial charge in [-0.2, -0.15) is 0 Å². The molecule has 0 aromatic carbocycles. The summed E-state index contributed by atoms with van der Waals surface area (Å²) >= 11 is 0. The molecule has 0 amide bonds. The van der Waals surface area contributed by atoms with Gasteiger partial charge in [-0.05, 0) is 68.1 Å². The topological polar surface area (TPSA) is 51.8 Å². The molecule has 4 fully saturated rings. The fourth-order valence-corrected chi connectivity index (χ4v) is 6.07. The molecule has 1 heterocycles. The molecule has 4 aliphatic carbocycles. The van der Waals surface area contributed by atoms with Crippen LogP contribution < -0.4 is 5.73 Å². The van der Waals surface area contributed by atoms with E-state index in [-0.39, 0.29) is 5.54 Å². The van der Waals surface area contributed by atoms with Crippen LogP contribution in [0.5, 0.6) is 0 Å². The SMILES string of the molecule is CCC(N)(c1cncnc1)C12CC3CC(CC(C3)C1)C2. The molecule has 1 unspecified atom stereocenters. The first-order valence-corrected chi connectivity index (χ1v) is 8.19. The van der Waals surface area contributed by atoms with E-state index in [1.165, 1.54) is 38.5 Å². The third-order valence-corrected chi connectivity index (χ3v) is 6.62. The molecule has 4 bridgehead atoms. The maximum Gasteiger partial charge on any atom is 0.115 e. The minimum Gasteiger partial charge on any atom is -0.321 e. The highest BCUT2D eigenvalue weighted by atomic mass is 14.9. The predicted molar refractivity (Wildman–Crippen MR) is 78.8 cm³/mol. The fraction of sp³-hybridized carbons (Fsp3) is 0.765. The number of hydrogen-bond acceptors (Lipinski definition) is 3. The number of nitrogens with zero attached hydrogens (tertiary/aromatic N) is 2. The zero-order chi connectivity index (χ0) is 13.8. The predicted octanol–water partition coefficient (Wildman–Crippen LogP) is 3.26. The van der Waals surface area contributed by atoms with Crippen molar-refractivity contribution in [3.63, 3.8) is 0 Å². The lowest BCUT2D eigenvalue weighted by Gasteiger charge is -2.63. The van der Waals surface area contributed by atoms with Crippen molar-refractivity contribution < 1.29 is 0 Å². The molecule has 0 aliphatic heterocycles. The highest BCUT2D eigenvalue weighted by molar-refractivity contribution is 5.24. The number of aromatic nitrogens is 2. The Morgan fingerprint density at radius 3 is 2.05 bits per heavy atom. The maximum atomic E-state index is 7.04. The number of nitrogens with two attached hydrogens (primary N) is 1. The van der Waals surface area contributed by atoms with E-state index in [2.05, 4.69) is 16.9 Å². The van der Waals surface area contributed by atoms with Crippen LogP contribution in [0.4, 0.5) is 0 Å². The third-order valence-electron chi connectivity index (χ3n) is 6.62. The maximum absolute atomic E-state index is 7.04. The average Bonchev–Trinajstić information content (AvgIpc) is 2.46. The lowest BCUT2D eigenvalue weighted by atomic mass is 9.43. The van der Waals surface area contributed by atoms with Crippen LogP contribution in [-0.2, 0) is 5.54 Å². The largest absolute Gasteiger partial charge is 0.321 e. The van der Waals surface area contributed by atoms with Gasteiger partial charge in [0.05, 0.1) is 0 Å². The smallest absolute Gasteiger partial charge is 0.115 e. The van der Waals surface area contributed by atoms with Crippen molar-refractivity contribution in [1.82, 2.24) is 9.97 Å². The molecule has 1 atom stereocenters. The summed E-state index contributed by atoms with van der Waals surface area (Å²) in [6.45, 7) is 2.24. The van der Waals surface area contributed by atoms with E-state index in [0.717, 1.165) is 29.7 Å². The molecule has 108 valence electrons. The van der Waals surface area contributed by atoms with E-state index in [9.17, 15) is 0 Å². The van der Waals surface area contributed by atoms with Crippen molar-refractivity contribution in [2.45, 2.75) is 57.4 Å². The summed E-state index contributed by atoms with van der Waals surface area (Å²) in [7, 11) is 0. The minimum atomic E-state index is -0.232. The van der Waals surface area contributed by atoms with Gasteiger partial charge in [0.15, 0.2) is 0 Å². The second-order valence-electron chi connectivity index (χ2n) is 7.65. The summed E-state index contributed by atoms with van der Waals surface area (Å²) in [6, 6.07) is 0. The Kier molecular flexibility index (Phi) is 2.72. The first-order valence-electron chi connectivity index (χ1n) is 8.19. The Balaban J connectivity index is 1.77. The van der Waals surface area contributed by atoms with Gasteiger partial charge in [-0.25, -0.2) is 9.97 Å². The molecule has 1 aromatic rings. The van der Waals surface area contributed by atoms with Crippen LogP contribution in [0.25, 0.3) is 0 Å². The molecule has 2 N–H and O–H groups in total. The lowest BCUT2D eigenvalue weighted by molar-refractivity contribution is -0.102. The Bertz CT molecular complexity index is 463. The number of hydrogen-bond donors (Lipinski definition) is 1. The van der Waals surface area contributed by atoms with Crippen LogP contribution in [0, 0.1) is 23.2 Å². The highest BCUT2D eigenvalue weighted by Crippen LogP contribution is 2.65. The molecule has 4 saturated carbocycles. The summed E-state index contributed by atoms with van der Waals surface area (Å²) in [5.41, 5.74) is 8.27. The fourth-order valence-electron chi connectivity index (χ4n) is 6.07. The van der Waals surface area contributed by atoms with Crippen molar-refractivity contribution in [2.24, 2.45) is 28.9 Å². The summed E-state index contributed by atoms with van der Waals surface area (Å²) < 4.78 is 0. The van der Waals surface area contributed by atoms with Gasteiger partial charge in [0.25, 0.3) is 0 Å². The molecular formula is C17H25N3. The van der Waals surface area contributed by atoms with Crippen molar-refractivity contribution >= 4 is 0 Å². The Morgan fingerprint density at radius 1 is 1.10 bits per heavy atom. The van der Waals surface area contributed by atoms with Crippen LogP contribution in [0.2, 0.25) is 0 Å². The Labute approximate surface area is 121 Å². The van der Waals surface area contributed by atoms with Gasteiger partial charge in [0.2, 0.25) is 0 Å². The Morgan fingerprint density at radius 2 is 1.60 bits per heavy atom. The minimum absolute atomic E-state index is 0.232. The van der Waals surface area contributed by atoms with Crippen LogP contribution in [0.3, 0.4) is 0 Å². The zero-order valence-electron chi connectivity index (χ0n) is 12.4.